The van der Waals surface area contributed by atoms with E-state index in [1.54, 1.807) is 6.26 Å². The smallest absolute Gasteiger partial charge is 0.117 e. The van der Waals surface area contributed by atoms with E-state index in [0.717, 1.165) is 18.8 Å². The molecule has 0 bridgehead atoms. The Kier molecular flexibility index (Phi) is 3.99. The van der Waals surface area contributed by atoms with Crippen LogP contribution in [0.4, 0.5) is 0 Å². The van der Waals surface area contributed by atoms with E-state index < -0.39 is 0 Å². The van der Waals surface area contributed by atoms with Crippen molar-refractivity contribution in [3.8, 4) is 0 Å². The predicted molar refractivity (Wildman–Crippen MR) is 53.2 cm³/mol. The Labute approximate surface area is 79.3 Å². The average molecular weight is 182 g/mol. The molecule has 0 amide bonds. The number of hydrogen-bond acceptors (Lipinski definition) is 3. The van der Waals surface area contributed by atoms with Gasteiger partial charge in [0, 0.05) is 12.6 Å². The van der Waals surface area contributed by atoms with Gasteiger partial charge in [0.25, 0.3) is 0 Å². The number of nitrogens with two attached hydrogens (primary N) is 1. The largest absolute Gasteiger partial charge is 0.468 e. The Balaban J connectivity index is 2.14. The first kappa shape index (κ1) is 10.3. The third-order valence-electron chi connectivity index (χ3n) is 2.12. The maximum absolute atomic E-state index is 5.86. The summed E-state index contributed by atoms with van der Waals surface area (Å²) in [6.45, 7) is 5.84. The molecule has 0 spiro atoms. The lowest BCUT2D eigenvalue weighted by atomic mass is 10.1. The molecule has 3 heteroatoms. The first-order valence-corrected chi connectivity index (χ1v) is 4.69. The third-order valence-corrected chi connectivity index (χ3v) is 2.12. The van der Waals surface area contributed by atoms with Crippen LogP contribution >= 0.6 is 0 Å². The fraction of sp³-hybridized carbons (Fsp3) is 0.600. The Hall–Kier alpha value is -0.800. The lowest BCUT2D eigenvalue weighted by molar-refractivity contribution is 0.432. The van der Waals surface area contributed by atoms with Crippen molar-refractivity contribution in [3.63, 3.8) is 0 Å². The molecule has 0 aliphatic rings. The highest BCUT2D eigenvalue weighted by molar-refractivity contribution is 4.97. The SMILES string of the molecule is CC(C)C(N)CNCc1ccco1. The molecule has 74 valence electrons. The second-order valence-corrected chi connectivity index (χ2v) is 3.62. The fourth-order valence-corrected chi connectivity index (χ4v) is 1.01. The molecule has 0 aliphatic carbocycles. The summed E-state index contributed by atoms with van der Waals surface area (Å²) in [5.74, 6) is 1.47. The summed E-state index contributed by atoms with van der Waals surface area (Å²) in [7, 11) is 0. The minimum atomic E-state index is 0.218. The van der Waals surface area contributed by atoms with Crippen molar-refractivity contribution < 1.29 is 4.42 Å². The molecular formula is C10H18N2O. The van der Waals surface area contributed by atoms with Gasteiger partial charge in [-0.25, -0.2) is 0 Å². The van der Waals surface area contributed by atoms with E-state index in [1.165, 1.54) is 0 Å². The second-order valence-electron chi connectivity index (χ2n) is 3.62. The normalized spacial score (nSPS) is 13.5. The summed E-state index contributed by atoms with van der Waals surface area (Å²) in [4.78, 5) is 0. The summed E-state index contributed by atoms with van der Waals surface area (Å²) in [6.07, 6.45) is 1.68. The van der Waals surface area contributed by atoms with Crippen LogP contribution < -0.4 is 11.1 Å². The van der Waals surface area contributed by atoms with Crippen LogP contribution in [0, 0.1) is 5.92 Å². The molecule has 1 heterocycles. The minimum Gasteiger partial charge on any atom is -0.468 e. The van der Waals surface area contributed by atoms with Crippen molar-refractivity contribution in [3.05, 3.63) is 24.2 Å². The molecule has 3 nitrogen and oxygen atoms in total. The average Bonchev–Trinajstić information content (AvgIpc) is 2.56. The van der Waals surface area contributed by atoms with Gasteiger partial charge in [-0.15, -0.1) is 0 Å². The third kappa shape index (κ3) is 3.61. The molecule has 0 saturated heterocycles. The van der Waals surface area contributed by atoms with Gasteiger partial charge in [-0.1, -0.05) is 13.8 Å². The Bertz CT molecular complexity index is 219. The van der Waals surface area contributed by atoms with Crippen LogP contribution in [0.25, 0.3) is 0 Å². The molecule has 1 unspecified atom stereocenters. The second kappa shape index (κ2) is 5.04. The van der Waals surface area contributed by atoms with E-state index in [-0.39, 0.29) is 6.04 Å². The van der Waals surface area contributed by atoms with Gasteiger partial charge in [0.15, 0.2) is 0 Å². The first-order valence-electron chi connectivity index (χ1n) is 4.69. The molecule has 0 aromatic carbocycles. The molecular weight excluding hydrogens is 164 g/mol. The van der Waals surface area contributed by atoms with E-state index >= 15 is 0 Å². The molecule has 1 aromatic heterocycles. The van der Waals surface area contributed by atoms with Gasteiger partial charge in [-0.2, -0.15) is 0 Å². The van der Waals surface area contributed by atoms with Crippen LogP contribution in [0.15, 0.2) is 22.8 Å². The predicted octanol–water partition coefficient (Wildman–Crippen LogP) is 1.35. The van der Waals surface area contributed by atoms with Crippen LogP contribution in [0.2, 0.25) is 0 Å². The fourth-order valence-electron chi connectivity index (χ4n) is 1.01. The number of furan rings is 1. The first-order chi connectivity index (χ1) is 6.20. The molecule has 0 radical (unpaired) electrons. The topological polar surface area (TPSA) is 51.2 Å². The number of hydrogen-bond donors (Lipinski definition) is 2. The van der Waals surface area contributed by atoms with Crippen LogP contribution in [0.5, 0.6) is 0 Å². The zero-order valence-electron chi connectivity index (χ0n) is 8.29. The maximum Gasteiger partial charge on any atom is 0.117 e. The summed E-state index contributed by atoms with van der Waals surface area (Å²) in [5, 5.41) is 3.25. The van der Waals surface area contributed by atoms with Crippen LogP contribution in [-0.4, -0.2) is 12.6 Å². The highest BCUT2D eigenvalue weighted by Gasteiger charge is 2.06. The van der Waals surface area contributed by atoms with Crippen LogP contribution in [0.3, 0.4) is 0 Å². The molecule has 1 rings (SSSR count). The zero-order valence-corrected chi connectivity index (χ0v) is 8.29. The van der Waals surface area contributed by atoms with Gasteiger partial charge >= 0.3 is 0 Å². The summed E-state index contributed by atoms with van der Waals surface area (Å²) >= 11 is 0. The highest BCUT2D eigenvalue weighted by Crippen LogP contribution is 2.00. The van der Waals surface area contributed by atoms with Gasteiger partial charge in [0.1, 0.15) is 5.76 Å². The molecule has 3 N–H and O–H groups in total. The minimum absolute atomic E-state index is 0.218. The Morgan fingerprint density at radius 1 is 1.54 bits per heavy atom. The lowest BCUT2D eigenvalue weighted by Crippen LogP contribution is -2.37. The van der Waals surface area contributed by atoms with Gasteiger partial charge in [0.2, 0.25) is 0 Å². The lowest BCUT2D eigenvalue weighted by Gasteiger charge is -2.15. The van der Waals surface area contributed by atoms with Crippen molar-refractivity contribution in [1.82, 2.24) is 5.32 Å². The molecule has 0 fully saturated rings. The van der Waals surface area contributed by atoms with E-state index in [0.29, 0.717) is 5.92 Å². The quantitative estimate of drug-likeness (QED) is 0.722. The van der Waals surface area contributed by atoms with Crippen molar-refractivity contribution in [2.24, 2.45) is 11.7 Å². The Morgan fingerprint density at radius 2 is 2.31 bits per heavy atom. The standard InChI is InChI=1S/C10H18N2O/c1-8(2)10(11)7-12-6-9-4-3-5-13-9/h3-5,8,10,12H,6-7,11H2,1-2H3. The van der Waals surface area contributed by atoms with Gasteiger partial charge in [-0.05, 0) is 18.1 Å². The molecule has 13 heavy (non-hydrogen) atoms. The van der Waals surface area contributed by atoms with Crippen molar-refractivity contribution in [1.29, 1.82) is 0 Å². The number of rotatable bonds is 5. The Morgan fingerprint density at radius 3 is 2.85 bits per heavy atom. The van der Waals surface area contributed by atoms with Crippen LogP contribution in [-0.2, 0) is 6.54 Å². The summed E-state index contributed by atoms with van der Waals surface area (Å²) in [5.41, 5.74) is 5.86. The van der Waals surface area contributed by atoms with E-state index in [2.05, 4.69) is 19.2 Å². The monoisotopic (exact) mass is 182 g/mol. The molecule has 0 saturated carbocycles. The zero-order chi connectivity index (χ0) is 9.68. The summed E-state index contributed by atoms with van der Waals surface area (Å²) in [6, 6.07) is 4.06. The van der Waals surface area contributed by atoms with Gasteiger partial charge in [-0.3, -0.25) is 0 Å². The van der Waals surface area contributed by atoms with Crippen molar-refractivity contribution in [2.75, 3.05) is 6.54 Å². The van der Waals surface area contributed by atoms with Crippen LogP contribution in [0.1, 0.15) is 19.6 Å². The molecule has 0 aliphatic heterocycles. The van der Waals surface area contributed by atoms with E-state index in [9.17, 15) is 0 Å². The van der Waals surface area contributed by atoms with E-state index in [4.69, 9.17) is 10.2 Å². The maximum atomic E-state index is 5.86. The van der Waals surface area contributed by atoms with Crippen molar-refractivity contribution in [2.45, 2.75) is 26.4 Å². The molecule has 1 aromatic rings. The highest BCUT2D eigenvalue weighted by atomic mass is 16.3. The number of nitrogens with one attached hydrogen (secondary N) is 1. The van der Waals surface area contributed by atoms with Crippen molar-refractivity contribution >= 4 is 0 Å². The van der Waals surface area contributed by atoms with Gasteiger partial charge < -0.3 is 15.5 Å². The van der Waals surface area contributed by atoms with Gasteiger partial charge in [0.05, 0.1) is 12.8 Å². The van der Waals surface area contributed by atoms with E-state index in [1.807, 2.05) is 12.1 Å². The summed E-state index contributed by atoms with van der Waals surface area (Å²) < 4.78 is 5.17. The molecule has 1 atom stereocenters.